The van der Waals surface area contributed by atoms with Crippen molar-refractivity contribution >= 4 is 38.3 Å². The second-order valence-electron chi connectivity index (χ2n) is 5.09. The molecule has 9 heteroatoms. The summed E-state index contributed by atoms with van der Waals surface area (Å²) < 4.78 is 30.7. The van der Waals surface area contributed by atoms with E-state index in [4.69, 9.17) is 11.6 Å². The minimum atomic E-state index is -3.69. The summed E-state index contributed by atoms with van der Waals surface area (Å²) in [6.07, 6.45) is 3.71. The number of anilines is 1. The van der Waals surface area contributed by atoms with E-state index >= 15 is 0 Å². The predicted molar refractivity (Wildman–Crippen MR) is 86.7 cm³/mol. The molecular weight excluding hydrogens is 344 g/mol. The van der Waals surface area contributed by atoms with E-state index in [1.54, 1.807) is 12.1 Å². The lowest BCUT2D eigenvalue weighted by Gasteiger charge is -2.16. The second-order valence-corrected chi connectivity index (χ2v) is 7.96. The van der Waals surface area contributed by atoms with Gasteiger partial charge in [-0.15, -0.1) is 0 Å². The number of nitrogens with one attached hydrogen (secondary N) is 1. The zero-order valence-corrected chi connectivity index (χ0v) is 14.1. The van der Waals surface area contributed by atoms with Crippen LogP contribution in [-0.2, 0) is 16.6 Å². The second kappa shape index (κ2) is 6.49. The maximum Gasteiger partial charge on any atom is 0.263 e. The molecule has 2 heterocycles. The standard InChI is InChI=1S/C13H15ClN4O2S2/c14-12-7-11(22(19,20)17-13-15-9-16-21-13)4-3-10(12)8-18-5-1-2-6-18/h3-4,7,9H,1-2,5-6,8H2,(H,15,16,17). The Morgan fingerprint density at radius 2 is 2.09 bits per heavy atom. The highest BCUT2D eigenvalue weighted by Gasteiger charge is 2.19. The van der Waals surface area contributed by atoms with Crippen molar-refractivity contribution in [2.45, 2.75) is 24.3 Å². The Hall–Kier alpha value is -1.22. The Bertz CT molecular complexity index is 743. The summed E-state index contributed by atoms with van der Waals surface area (Å²) in [5, 5.41) is 0.698. The quantitative estimate of drug-likeness (QED) is 0.889. The molecule has 1 aliphatic rings. The SMILES string of the molecule is O=S(=O)(Nc1ncns1)c1ccc(CN2CCCC2)c(Cl)c1. The van der Waals surface area contributed by atoms with Crippen molar-refractivity contribution in [3.05, 3.63) is 35.1 Å². The number of sulfonamides is 1. The molecule has 0 saturated carbocycles. The molecule has 0 amide bonds. The molecule has 118 valence electrons. The molecule has 1 saturated heterocycles. The third-order valence-corrected chi connectivity index (χ3v) is 5.91. The Morgan fingerprint density at radius 3 is 2.73 bits per heavy atom. The number of rotatable bonds is 5. The first-order valence-electron chi connectivity index (χ1n) is 6.85. The van der Waals surface area contributed by atoms with Crippen molar-refractivity contribution in [1.82, 2.24) is 14.3 Å². The fraction of sp³-hybridized carbons (Fsp3) is 0.385. The van der Waals surface area contributed by atoms with Gasteiger partial charge in [0, 0.05) is 23.1 Å². The summed E-state index contributed by atoms with van der Waals surface area (Å²) in [6, 6.07) is 4.83. The molecule has 1 fully saturated rings. The lowest BCUT2D eigenvalue weighted by atomic mass is 10.2. The summed E-state index contributed by atoms with van der Waals surface area (Å²) in [4.78, 5) is 6.25. The third-order valence-electron chi connectivity index (χ3n) is 3.51. The van der Waals surface area contributed by atoms with Crippen LogP contribution in [0.4, 0.5) is 5.13 Å². The van der Waals surface area contributed by atoms with Gasteiger partial charge in [-0.2, -0.15) is 4.37 Å². The minimum Gasteiger partial charge on any atom is -0.299 e. The lowest BCUT2D eigenvalue weighted by molar-refractivity contribution is 0.331. The van der Waals surface area contributed by atoms with Crippen LogP contribution >= 0.6 is 23.1 Å². The predicted octanol–water partition coefficient (Wildman–Crippen LogP) is 2.59. The van der Waals surface area contributed by atoms with Gasteiger partial charge >= 0.3 is 0 Å². The number of hydrogen-bond donors (Lipinski definition) is 1. The highest BCUT2D eigenvalue weighted by molar-refractivity contribution is 7.93. The van der Waals surface area contributed by atoms with Crippen LogP contribution in [0.1, 0.15) is 18.4 Å². The molecule has 6 nitrogen and oxygen atoms in total. The number of nitrogens with zero attached hydrogens (tertiary/aromatic N) is 3. The van der Waals surface area contributed by atoms with Crippen molar-refractivity contribution in [3.8, 4) is 0 Å². The van der Waals surface area contributed by atoms with E-state index in [0.717, 1.165) is 36.7 Å². The maximum absolute atomic E-state index is 12.3. The van der Waals surface area contributed by atoms with Gasteiger partial charge < -0.3 is 0 Å². The monoisotopic (exact) mass is 358 g/mol. The normalized spacial score (nSPS) is 16.0. The van der Waals surface area contributed by atoms with Gasteiger partial charge in [0.1, 0.15) is 6.33 Å². The molecule has 22 heavy (non-hydrogen) atoms. The van der Waals surface area contributed by atoms with Gasteiger partial charge in [0.25, 0.3) is 10.0 Å². The van der Waals surface area contributed by atoms with Crippen LogP contribution < -0.4 is 4.72 Å². The fourth-order valence-corrected chi connectivity index (χ4v) is 4.39. The molecular formula is C13H15ClN4O2S2. The number of likely N-dealkylation sites (tertiary alicyclic amines) is 1. The molecule has 1 aliphatic heterocycles. The Kier molecular flexibility index (Phi) is 4.62. The largest absolute Gasteiger partial charge is 0.299 e. The van der Waals surface area contributed by atoms with Crippen LogP contribution in [-0.4, -0.2) is 35.8 Å². The molecule has 0 unspecified atom stereocenters. The first-order chi connectivity index (χ1) is 10.5. The zero-order chi connectivity index (χ0) is 15.6. The fourth-order valence-electron chi connectivity index (χ4n) is 2.40. The summed E-state index contributed by atoms with van der Waals surface area (Å²) in [5.74, 6) is 0. The molecule has 0 spiro atoms. The summed E-state index contributed by atoms with van der Waals surface area (Å²) in [5.41, 5.74) is 0.943. The average molecular weight is 359 g/mol. The minimum absolute atomic E-state index is 0.123. The molecule has 0 atom stereocenters. The smallest absolute Gasteiger partial charge is 0.263 e. The first kappa shape index (κ1) is 15.7. The Balaban J connectivity index is 1.78. The van der Waals surface area contributed by atoms with Gasteiger partial charge in [-0.05, 0) is 43.6 Å². The molecule has 2 aromatic rings. The van der Waals surface area contributed by atoms with Gasteiger partial charge in [0.05, 0.1) is 4.90 Å². The number of halogens is 1. The Morgan fingerprint density at radius 1 is 1.32 bits per heavy atom. The van der Waals surface area contributed by atoms with Crippen molar-refractivity contribution in [2.24, 2.45) is 0 Å². The van der Waals surface area contributed by atoms with Gasteiger partial charge in [0.2, 0.25) is 5.13 Å². The van der Waals surface area contributed by atoms with E-state index in [1.807, 2.05) is 0 Å². The number of benzene rings is 1. The van der Waals surface area contributed by atoms with E-state index in [0.29, 0.717) is 5.02 Å². The molecule has 0 radical (unpaired) electrons. The van der Waals surface area contributed by atoms with E-state index in [1.165, 1.54) is 25.2 Å². The van der Waals surface area contributed by atoms with Crippen LogP contribution in [0.5, 0.6) is 0 Å². The van der Waals surface area contributed by atoms with Crippen molar-refractivity contribution in [1.29, 1.82) is 0 Å². The molecule has 1 aromatic carbocycles. The third kappa shape index (κ3) is 3.57. The van der Waals surface area contributed by atoms with Crippen LogP contribution in [0.2, 0.25) is 5.02 Å². The summed E-state index contributed by atoms with van der Waals surface area (Å²) in [6.45, 7) is 2.88. The van der Waals surface area contributed by atoms with E-state index in [-0.39, 0.29) is 10.0 Å². The Labute approximate surface area is 138 Å². The molecule has 0 bridgehead atoms. The zero-order valence-electron chi connectivity index (χ0n) is 11.7. The van der Waals surface area contributed by atoms with Crippen molar-refractivity contribution in [2.75, 3.05) is 17.8 Å². The lowest BCUT2D eigenvalue weighted by Crippen LogP contribution is -2.19. The first-order valence-corrected chi connectivity index (χ1v) is 9.48. The summed E-state index contributed by atoms with van der Waals surface area (Å²) >= 11 is 7.23. The van der Waals surface area contributed by atoms with E-state index in [2.05, 4.69) is 19.0 Å². The van der Waals surface area contributed by atoms with Crippen LogP contribution in [0.15, 0.2) is 29.4 Å². The van der Waals surface area contributed by atoms with Crippen LogP contribution in [0.3, 0.4) is 0 Å². The molecule has 1 N–H and O–H groups in total. The van der Waals surface area contributed by atoms with E-state index in [9.17, 15) is 8.42 Å². The van der Waals surface area contributed by atoms with Crippen molar-refractivity contribution in [3.63, 3.8) is 0 Å². The summed E-state index contributed by atoms with van der Waals surface area (Å²) in [7, 11) is -3.69. The molecule has 3 rings (SSSR count). The highest BCUT2D eigenvalue weighted by atomic mass is 35.5. The maximum atomic E-state index is 12.3. The van der Waals surface area contributed by atoms with Gasteiger partial charge in [-0.1, -0.05) is 17.7 Å². The molecule has 1 aromatic heterocycles. The van der Waals surface area contributed by atoms with Crippen LogP contribution in [0, 0.1) is 0 Å². The van der Waals surface area contributed by atoms with E-state index < -0.39 is 10.0 Å². The highest BCUT2D eigenvalue weighted by Crippen LogP contribution is 2.25. The number of aromatic nitrogens is 2. The topological polar surface area (TPSA) is 75.2 Å². The van der Waals surface area contributed by atoms with Gasteiger partial charge in [-0.3, -0.25) is 9.62 Å². The van der Waals surface area contributed by atoms with Gasteiger partial charge in [-0.25, -0.2) is 13.4 Å². The van der Waals surface area contributed by atoms with Crippen molar-refractivity contribution < 1.29 is 8.42 Å². The van der Waals surface area contributed by atoms with Crippen LogP contribution in [0.25, 0.3) is 0 Å². The van der Waals surface area contributed by atoms with Gasteiger partial charge in [0.15, 0.2) is 0 Å². The molecule has 0 aliphatic carbocycles. The average Bonchev–Trinajstić information content (AvgIpc) is 3.14. The number of hydrogen-bond acceptors (Lipinski definition) is 6.